The fourth-order valence-electron chi connectivity index (χ4n) is 1.82. The quantitative estimate of drug-likeness (QED) is 0.794. The number of hydrogen-bond acceptors (Lipinski definition) is 6. The zero-order chi connectivity index (χ0) is 14.4. The smallest absolute Gasteiger partial charge is 0.148 e. The van der Waals surface area contributed by atoms with Gasteiger partial charge in [0, 0.05) is 18.1 Å². The Bertz CT molecular complexity index is 535. The van der Waals surface area contributed by atoms with Crippen LogP contribution in [0.2, 0.25) is 0 Å². The van der Waals surface area contributed by atoms with Crippen molar-refractivity contribution in [3.8, 4) is 22.1 Å². The van der Waals surface area contributed by atoms with Crippen LogP contribution in [-0.2, 0) is 6.42 Å². The first-order chi connectivity index (χ1) is 9.76. The molecule has 0 spiro atoms. The van der Waals surface area contributed by atoms with Gasteiger partial charge in [0.2, 0.25) is 0 Å². The minimum Gasteiger partial charge on any atom is -0.497 e. The summed E-state index contributed by atoms with van der Waals surface area (Å²) in [5.41, 5.74) is 0.971. The Morgan fingerprint density at radius 1 is 1.10 bits per heavy atom. The van der Waals surface area contributed by atoms with E-state index in [0.29, 0.717) is 0 Å². The van der Waals surface area contributed by atoms with E-state index < -0.39 is 0 Å². The highest BCUT2D eigenvalue weighted by Crippen LogP contribution is 2.31. The van der Waals surface area contributed by atoms with Crippen molar-refractivity contribution in [2.24, 2.45) is 0 Å². The second-order valence-corrected chi connectivity index (χ2v) is 5.37. The lowest BCUT2D eigenvalue weighted by molar-refractivity contribution is 0.394. The summed E-state index contributed by atoms with van der Waals surface area (Å²) in [6.45, 7) is 0.988. The van der Waals surface area contributed by atoms with Gasteiger partial charge in [-0.1, -0.05) is 11.3 Å². The van der Waals surface area contributed by atoms with Crippen molar-refractivity contribution in [2.75, 3.05) is 27.8 Å². The molecule has 108 valence electrons. The first-order valence-electron chi connectivity index (χ1n) is 6.47. The first-order valence-corrected chi connectivity index (χ1v) is 7.29. The van der Waals surface area contributed by atoms with Gasteiger partial charge in [0.25, 0.3) is 0 Å². The van der Waals surface area contributed by atoms with E-state index in [2.05, 4.69) is 15.5 Å². The maximum Gasteiger partial charge on any atom is 0.148 e. The van der Waals surface area contributed by atoms with Crippen molar-refractivity contribution in [1.82, 2.24) is 15.5 Å². The normalized spacial score (nSPS) is 10.6. The number of nitrogens with one attached hydrogen (secondary N) is 1. The third-order valence-electron chi connectivity index (χ3n) is 2.88. The van der Waals surface area contributed by atoms with Gasteiger partial charge in [-0.15, -0.1) is 10.2 Å². The van der Waals surface area contributed by atoms with E-state index in [4.69, 9.17) is 9.47 Å². The van der Waals surface area contributed by atoms with Crippen LogP contribution in [0, 0.1) is 0 Å². The molecule has 0 aliphatic heterocycles. The highest BCUT2D eigenvalue weighted by Gasteiger charge is 2.09. The minimum absolute atomic E-state index is 0.756. The molecule has 0 unspecified atom stereocenters. The summed E-state index contributed by atoms with van der Waals surface area (Å²) >= 11 is 1.61. The summed E-state index contributed by atoms with van der Waals surface area (Å²) < 4.78 is 10.5. The Morgan fingerprint density at radius 3 is 2.40 bits per heavy atom. The molecule has 20 heavy (non-hydrogen) atoms. The van der Waals surface area contributed by atoms with Crippen molar-refractivity contribution >= 4 is 11.3 Å². The molecule has 0 radical (unpaired) electrons. The van der Waals surface area contributed by atoms with Crippen molar-refractivity contribution in [1.29, 1.82) is 0 Å². The molecule has 0 aliphatic carbocycles. The molecule has 2 aromatic rings. The zero-order valence-corrected chi connectivity index (χ0v) is 12.8. The lowest BCUT2D eigenvalue weighted by Crippen LogP contribution is -2.08. The number of nitrogens with zero attached hydrogens (tertiary/aromatic N) is 2. The molecule has 0 atom stereocenters. The van der Waals surface area contributed by atoms with Crippen LogP contribution >= 0.6 is 11.3 Å². The molecular formula is C14H19N3O2S. The number of benzene rings is 1. The number of methoxy groups -OCH3 is 2. The number of aromatic nitrogens is 2. The average Bonchev–Trinajstić information content (AvgIpc) is 2.96. The van der Waals surface area contributed by atoms with Gasteiger partial charge in [0.05, 0.1) is 14.2 Å². The summed E-state index contributed by atoms with van der Waals surface area (Å²) in [7, 11) is 5.23. The largest absolute Gasteiger partial charge is 0.497 e. The third-order valence-corrected chi connectivity index (χ3v) is 3.91. The van der Waals surface area contributed by atoms with Crippen LogP contribution in [0.4, 0.5) is 0 Å². The summed E-state index contributed by atoms with van der Waals surface area (Å²) in [5, 5.41) is 13.6. The maximum absolute atomic E-state index is 5.27. The van der Waals surface area contributed by atoms with Crippen LogP contribution in [-0.4, -0.2) is 38.0 Å². The van der Waals surface area contributed by atoms with E-state index in [0.717, 1.165) is 46.5 Å². The minimum atomic E-state index is 0.756. The topological polar surface area (TPSA) is 56.3 Å². The average molecular weight is 293 g/mol. The molecule has 0 saturated heterocycles. The first kappa shape index (κ1) is 14.7. The Kier molecular flexibility index (Phi) is 5.31. The third kappa shape index (κ3) is 3.68. The van der Waals surface area contributed by atoms with Crippen molar-refractivity contribution in [3.05, 3.63) is 23.2 Å². The molecule has 1 aromatic heterocycles. The molecule has 5 nitrogen and oxygen atoms in total. The number of rotatable bonds is 7. The van der Waals surface area contributed by atoms with Crippen LogP contribution < -0.4 is 14.8 Å². The van der Waals surface area contributed by atoms with Crippen LogP contribution in [0.3, 0.4) is 0 Å². The summed E-state index contributed by atoms with van der Waals surface area (Å²) in [6.07, 6.45) is 2.01. The Labute approximate surface area is 123 Å². The number of ether oxygens (including phenoxy) is 2. The molecule has 0 bridgehead atoms. The van der Waals surface area contributed by atoms with E-state index in [1.807, 2.05) is 25.2 Å². The summed E-state index contributed by atoms with van der Waals surface area (Å²) in [4.78, 5) is 0. The predicted molar refractivity (Wildman–Crippen MR) is 80.7 cm³/mol. The molecule has 1 aromatic carbocycles. The lowest BCUT2D eigenvalue weighted by Gasteiger charge is -2.06. The van der Waals surface area contributed by atoms with Gasteiger partial charge in [-0.25, -0.2) is 0 Å². The Morgan fingerprint density at radius 2 is 1.80 bits per heavy atom. The van der Waals surface area contributed by atoms with E-state index in [1.165, 1.54) is 0 Å². The van der Waals surface area contributed by atoms with Gasteiger partial charge in [0.1, 0.15) is 21.5 Å². The molecule has 0 amide bonds. The fourth-order valence-corrected chi connectivity index (χ4v) is 2.69. The summed E-state index contributed by atoms with van der Waals surface area (Å²) in [5.74, 6) is 1.51. The van der Waals surface area contributed by atoms with E-state index in [1.54, 1.807) is 25.6 Å². The molecule has 1 heterocycles. The second-order valence-electron chi connectivity index (χ2n) is 4.31. The van der Waals surface area contributed by atoms with Crippen LogP contribution in [0.1, 0.15) is 11.4 Å². The van der Waals surface area contributed by atoms with Crippen LogP contribution in [0.5, 0.6) is 11.5 Å². The zero-order valence-electron chi connectivity index (χ0n) is 12.0. The van der Waals surface area contributed by atoms with Crippen molar-refractivity contribution < 1.29 is 9.47 Å². The molecule has 2 rings (SSSR count). The molecule has 0 saturated carbocycles. The second kappa shape index (κ2) is 7.21. The highest BCUT2D eigenvalue weighted by molar-refractivity contribution is 7.14. The van der Waals surface area contributed by atoms with Gasteiger partial charge in [-0.2, -0.15) is 0 Å². The summed E-state index contributed by atoms with van der Waals surface area (Å²) in [6, 6.07) is 5.74. The Balaban J connectivity index is 2.18. The van der Waals surface area contributed by atoms with Crippen LogP contribution in [0.15, 0.2) is 18.2 Å². The van der Waals surface area contributed by atoms with Gasteiger partial charge in [-0.3, -0.25) is 0 Å². The fraction of sp³-hybridized carbons (Fsp3) is 0.429. The Hall–Kier alpha value is -1.66. The lowest BCUT2D eigenvalue weighted by atomic mass is 10.2. The predicted octanol–water partition coefficient (Wildman–Crippen LogP) is 2.37. The number of hydrogen-bond donors (Lipinski definition) is 1. The van der Waals surface area contributed by atoms with Crippen molar-refractivity contribution in [3.63, 3.8) is 0 Å². The molecule has 6 heteroatoms. The van der Waals surface area contributed by atoms with E-state index in [-0.39, 0.29) is 0 Å². The standard InChI is InChI=1S/C14H19N3O2S/c1-15-6-4-5-13-16-17-14(20-13)10-7-11(18-2)9-12(8-10)19-3/h7-9,15H,4-6H2,1-3H3. The van der Waals surface area contributed by atoms with Gasteiger partial charge in [0.15, 0.2) is 0 Å². The highest BCUT2D eigenvalue weighted by atomic mass is 32.1. The van der Waals surface area contributed by atoms with Gasteiger partial charge in [-0.05, 0) is 32.1 Å². The van der Waals surface area contributed by atoms with Gasteiger partial charge >= 0.3 is 0 Å². The van der Waals surface area contributed by atoms with Crippen molar-refractivity contribution in [2.45, 2.75) is 12.8 Å². The van der Waals surface area contributed by atoms with E-state index >= 15 is 0 Å². The number of aryl methyl sites for hydroxylation is 1. The van der Waals surface area contributed by atoms with Crippen LogP contribution in [0.25, 0.3) is 10.6 Å². The maximum atomic E-state index is 5.27. The molecule has 0 fully saturated rings. The monoisotopic (exact) mass is 293 g/mol. The molecule has 1 N–H and O–H groups in total. The van der Waals surface area contributed by atoms with Gasteiger partial charge < -0.3 is 14.8 Å². The molecule has 0 aliphatic rings. The SMILES string of the molecule is CNCCCc1nnc(-c2cc(OC)cc(OC)c2)s1. The molecular weight excluding hydrogens is 274 g/mol. The van der Waals surface area contributed by atoms with E-state index in [9.17, 15) is 0 Å².